The molecule has 0 spiro atoms. The molecular formula is C20H15FN2O4. The molecule has 2 N–H and O–H groups in total. The van der Waals surface area contributed by atoms with Crippen LogP contribution in [0.1, 0.15) is 26.3 Å². The molecule has 0 atom stereocenters. The molecule has 6 nitrogen and oxygen atoms in total. The van der Waals surface area contributed by atoms with E-state index in [-0.39, 0.29) is 23.6 Å². The number of aromatic carboxylic acids is 1. The summed E-state index contributed by atoms with van der Waals surface area (Å²) in [6.45, 7) is 0.139. The van der Waals surface area contributed by atoms with Crippen molar-refractivity contribution in [3.63, 3.8) is 0 Å². The van der Waals surface area contributed by atoms with E-state index in [0.717, 1.165) is 12.3 Å². The normalized spacial score (nSPS) is 10.3. The second-order valence-corrected chi connectivity index (χ2v) is 5.61. The van der Waals surface area contributed by atoms with Crippen molar-refractivity contribution >= 4 is 11.9 Å². The van der Waals surface area contributed by atoms with Crippen molar-refractivity contribution in [3.05, 3.63) is 89.4 Å². The maximum absolute atomic E-state index is 13.6. The number of para-hydroxylation sites is 1. The van der Waals surface area contributed by atoms with Gasteiger partial charge in [-0.1, -0.05) is 30.3 Å². The number of ether oxygens (including phenoxy) is 1. The van der Waals surface area contributed by atoms with Gasteiger partial charge in [-0.15, -0.1) is 0 Å². The predicted octanol–water partition coefficient (Wildman–Crippen LogP) is 3.64. The third-order valence-corrected chi connectivity index (χ3v) is 3.67. The van der Waals surface area contributed by atoms with Gasteiger partial charge in [0.1, 0.15) is 17.1 Å². The van der Waals surface area contributed by atoms with E-state index >= 15 is 0 Å². The van der Waals surface area contributed by atoms with Crippen LogP contribution in [-0.2, 0) is 6.54 Å². The Morgan fingerprint density at radius 3 is 2.44 bits per heavy atom. The summed E-state index contributed by atoms with van der Waals surface area (Å²) in [5.41, 5.74) is 0.808. The van der Waals surface area contributed by atoms with Crippen LogP contribution in [-0.4, -0.2) is 22.0 Å². The first-order valence-corrected chi connectivity index (χ1v) is 8.02. The van der Waals surface area contributed by atoms with Crippen molar-refractivity contribution in [2.75, 3.05) is 0 Å². The van der Waals surface area contributed by atoms with Crippen LogP contribution >= 0.6 is 0 Å². The Morgan fingerprint density at radius 1 is 1.07 bits per heavy atom. The number of carboxylic acid groups (broad SMARTS) is 1. The van der Waals surface area contributed by atoms with Crippen LogP contribution in [0.15, 0.2) is 66.9 Å². The quantitative estimate of drug-likeness (QED) is 0.695. The number of amides is 1. The highest BCUT2D eigenvalue weighted by atomic mass is 19.1. The van der Waals surface area contributed by atoms with Gasteiger partial charge in [0.05, 0.1) is 11.8 Å². The molecule has 0 radical (unpaired) electrons. The minimum atomic E-state index is -1.03. The van der Waals surface area contributed by atoms with Crippen molar-refractivity contribution in [2.45, 2.75) is 6.54 Å². The van der Waals surface area contributed by atoms with Crippen LogP contribution in [0.25, 0.3) is 0 Å². The van der Waals surface area contributed by atoms with Crippen LogP contribution in [0.4, 0.5) is 4.39 Å². The van der Waals surface area contributed by atoms with Crippen molar-refractivity contribution in [1.82, 2.24) is 10.3 Å². The minimum absolute atomic E-state index is 0.0127. The SMILES string of the molecule is O=C(O)c1ccc(CNC(=O)c2cc(F)cnc2Oc2ccccc2)cc1. The van der Waals surface area contributed by atoms with E-state index in [4.69, 9.17) is 9.84 Å². The van der Waals surface area contributed by atoms with E-state index in [1.54, 1.807) is 36.4 Å². The fourth-order valence-corrected chi connectivity index (χ4v) is 2.31. The molecule has 1 aromatic heterocycles. The van der Waals surface area contributed by atoms with E-state index in [0.29, 0.717) is 11.3 Å². The number of nitrogens with one attached hydrogen (secondary N) is 1. The topological polar surface area (TPSA) is 88.5 Å². The molecule has 7 heteroatoms. The zero-order valence-corrected chi connectivity index (χ0v) is 14.1. The summed E-state index contributed by atoms with van der Waals surface area (Å²) in [6, 6.07) is 15.8. The Hall–Kier alpha value is -3.74. The Morgan fingerprint density at radius 2 is 1.78 bits per heavy atom. The van der Waals surface area contributed by atoms with Crippen LogP contribution < -0.4 is 10.1 Å². The number of hydrogen-bond donors (Lipinski definition) is 2. The first-order valence-electron chi connectivity index (χ1n) is 8.02. The smallest absolute Gasteiger partial charge is 0.335 e. The van der Waals surface area contributed by atoms with Gasteiger partial charge in [-0.25, -0.2) is 14.2 Å². The molecule has 0 aliphatic rings. The van der Waals surface area contributed by atoms with Gasteiger partial charge in [0.2, 0.25) is 5.88 Å². The maximum atomic E-state index is 13.6. The molecule has 1 amide bonds. The highest BCUT2D eigenvalue weighted by Gasteiger charge is 2.16. The molecule has 136 valence electrons. The monoisotopic (exact) mass is 366 g/mol. The van der Waals surface area contributed by atoms with E-state index in [1.807, 2.05) is 6.07 Å². The summed E-state index contributed by atoms with van der Waals surface area (Å²) in [5, 5.41) is 11.5. The van der Waals surface area contributed by atoms with Gasteiger partial charge in [0.25, 0.3) is 5.91 Å². The molecule has 3 aromatic rings. The molecular weight excluding hydrogens is 351 g/mol. The van der Waals surface area contributed by atoms with Gasteiger partial charge in [0, 0.05) is 6.54 Å². The lowest BCUT2D eigenvalue weighted by atomic mass is 10.1. The van der Waals surface area contributed by atoms with Crippen molar-refractivity contribution in [3.8, 4) is 11.6 Å². The van der Waals surface area contributed by atoms with Gasteiger partial charge in [-0.3, -0.25) is 4.79 Å². The zero-order chi connectivity index (χ0) is 19.2. The lowest BCUT2D eigenvalue weighted by molar-refractivity contribution is 0.0696. The summed E-state index contributed by atoms with van der Waals surface area (Å²) in [5.74, 6) is -1.79. The molecule has 0 unspecified atom stereocenters. The number of carboxylic acids is 1. The Labute approximate surface area is 154 Å². The summed E-state index contributed by atoms with van der Waals surface area (Å²) in [7, 11) is 0. The van der Waals surface area contributed by atoms with Crippen molar-refractivity contribution in [1.29, 1.82) is 0 Å². The molecule has 2 aromatic carbocycles. The Balaban J connectivity index is 1.73. The second-order valence-electron chi connectivity index (χ2n) is 5.61. The number of halogens is 1. The van der Waals surface area contributed by atoms with Gasteiger partial charge in [0.15, 0.2) is 0 Å². The second kappa shape index (κ2) is 8.09. The number of benzene rings is 2. The molecule has 3 rings (SSSR count). The average Bonchev–Trinajstić information content (AvgIpc) is 2.68. The number of rotatable bonds is 6. The van der Waals surface area contributed by atoms with Gasteiger partial charge in [-0.05, 0) is 35.9 Å². The third-order valence-electron chi connectivity index (χ3n) is 3.67. The van der Waals surface area contributed by atoms with Gasteiger partial charge < -0.3 is 15.2 Å². The van der Waals surface area contributed by atoms with Crippen LogP contribution in [0.2, 0.25) is 0 Å². The Bertz CT molecular complexity index is 959. The summed E-state index contributed by atoms with van der Waals surface area (Å²) in [4.78, 5) is 27.2. The lowest BCUT2D eigenvalue weighted by Gasteiger charge is -2.11. The minimum Gasteiger partial charge on any atom is -0.478 e. The van der Waals surface area contributed by atoms with Crippen molar-refractivity contribution in [2.24, 2.45) is 0 Å². The number of carbonyl (C=O) groups excluding carboxylic acids is 1. The zero-order valence-electron chi connectivity index (χ0n) is 14.1. The highest BCUT2D eigenvalue weighted by molar-refractivity contribution is 5.96. The summed E-state index contributed by atoms with van der Waals surface area (Å²) in [6.07, 6.45) is 0.972. The fourth-order valence-electron chi connectivity index (χ4n) is 2.31. The van der Waals surface area contributed by atoms with Crippen LogP contribution in [0, 0.1) is 5.82 Å². The van der Waals surface area contributed by atoms with Crippen LogP contribution in [0.3, 0.4) is 0 Å². The summed E-state index contributed by atoms with van der Waals surface area (Å²) >= 11 is 0. The Kier molecular flexibility index (Phi) is 5.41. The number of nitrogens with zero attached hydrogens (tertiary/aromatic N) is 1. The van der Waals surface area contributed by atoms with E-state index < -0.39 is 17.7 Å². The standard InChI is InChI=1S/C20H15FN2O4/c21-15-10-17(19(23-12-15)27-16-4-2-1-3-5-16)18(24)22-11-13-6-8-14(9-7-13)20(25)26/h1-10,12H,11H2,(H,22,24)(H,25,26). The summed E-state index contributed by atoms with van der Waals surface area (Å²) < 4.78 is 19.2. The first kappa shape index (κ1) is 18.1. The number of carbonyl (C=O) groups is 2. The molecule has 1 heterocycles. The predicted molar refractivity (Wildman–Crippen MR) is 95.3 cm³/mol. The molecule has 0 fully saturated rings. The molecule has 0 bridgehead atoms. The molecule has 0 saturated carbocycles. The molecule has 0 aliphatic carbocycles. The average molecular weight is 366 g/mol. The first-order chi connectivity index (χ1) is 13.0. The molecule has 0 aliphatic heterocycles. The third kappa shape index (κ3) is 4.66. The number of aromatic nitrogens is 1. The van der Waals surface area contributed by atoms with E-state index in [2.05, 4.69) is 10.3 Å². The molecule has 0 saturated heterocycles. The van der Waals surface area contributed by atoms with Gasteiger partial charge >= 0.3 is 5.97 Å². The van der Waals surface area contributed by atoms with E-state index in [9.17, 15) is 14.0 Å². The molecule has 27 heavy (non-hydrogen) atoms. The van der Waals surface area contributed by atoms with E-state index in [1.165, 1.54) is 12.1 Å². The van der Waals surface area contributed by atoms with Gasteiger partial charge in [-0.2, -0.15) is 0 Å². The van der Waals surface area contributed by atoms with Crippen LogP contribution in [0.5, 0.6) is 11.6 Å². The fraction of sp³-hybridized carbons (Fsp3) is 0.0500. The maximum Gasteiger partial charge on any atom is 0.335 e. The lowest BCUT2D eigenvalue weighted by Crippen LogP contribution is -2.23. The number of pyridine rings is 1. The number of hydrogen-bond acceptors (Lipinski definition) is 4. The largest absolute Gasteiger partial charge is 0.478 e. The van der Waals surface area contributed by atoms with Crippen molar-refractivity contribution < 1.29 is 23.8 Å². The highest BCUT2D eigenvalue weighted by Crippen LogP contribution is 2.23.